The fraction of sp³-hybridized carbons (Fsp3) is 0.333. The first kappa shape index (κ1) is 14.1. The Labute approximate surface area is 129 Å². The minimum atomic E-state index is 0.298. The van der Waals surface area contributed by atoms with Crippen LogP contribution in [0.15, 0.2) is 36.7 Å². The first-order valence-corrected chi connectivity index (χ1v) is 7.39. The number of halogens is 1. The molecule has 1 atom stereocenters. The van der Waals surface area contributed by atoms with Crippen LogP contribution in [-0.4, -0.2) is 34.0 Å². The summed E-state index contributed by atoms with van der Waals surface area (Å²) in [5.41, 5.74) is 7.64. The number of hydrogen-bond donors (Lipinski definition) is 2. The van der Waals surface area contributed by atoms with Gasteiger partial charge in [0.25, 0.3) is 0 Å². The first-order chi connectivity index (χ1) is 10.2. The van der Waals surface area contributed by atoms with E-state index in [0.717, 1.165) is 26.1 Å². The lowest BCUT2D eigenvalue weighted by molar-refractivity contribution is 0.328. The van der Waals surface area contributed by atoms with Crippen LogP contribution in [0.4, 0.5) is 11.5 Å². The molecule has 0 spiro atoms. The van der Waals surface area contributed by atoms with Crippen molar-refractivity contribution in [3.63, 3.8) is 0 Å². The van der Waals surface area contributed by atoms with Crippen molar-refractivity contribution in [2.45, 2.75) is 19.0 Å². The normalized spacial score (nSPS) is 18.8. The van der Waals surface area contributed by atoms with Crippen LogP contribution < -0.4 is 11.1 Å². The molecule has 3 N–H and O–H groups in total. The summed E-state index contributed by atoms with van der Waals surface area (Å²) in [6.45, 7) is 3.00. The minimum Gasteiger partial charge on any atom is -0.393 e. The Morgan fingerprint density at radius 3 is 2.90 bits per heavy atom. The molecule has 5 nitrogen and oxygen atoms in total. The van der Waals surface area contributed by atoms with Gasteiger partial charge in [-0.1, -0.05) is 41.9 Å². The number of anilines is 2. The minimum absolute atomic E-state index is 0.298. The number of nitrogens with zero attached hydrogens (tertiary/aromatic N) is 3. The van der Waals surface area contributed by atoms with Gasteiger partial charge in [-0.25, -0.2) is 9.97 Å². The highest BCUT2D eigenvalue weighted by Gasteiger charge is 2.23. The van der Waals surface area contributed by atoms with Crippen LogP contribution in [0.2, 0.25) is 5.15 Å². The van der Waals surface area contributed by atoms with Gasteiger partial charge in [-0.15, -0.1) is 0 Å². The molecule has 0 amide bonds. The number of nitrogens with one attached hydrogen (secondary N) is 1. The van der Waals surface area contributed by atoms with Gasteiger partial charge < -0.3 is 11.1 Å². The molecule has 6 heteroatoms. The topological polar surface area (TPSA) is 67.1 Å². The number of nitrogens with two attached hydrogens (primary N) is 1. The van der Waals surface area contributed by atoms with Crippen LogP contribution >= 0.6 is 11.6 Å². The largest absolute Gasteiger partial charge is 0.393 e. The van der Waals surface area contributed by atoms with E-state index in [2.05, 4.69) is 44.5 Å². The average Bonchev–Trinajstić information content (AvgIpc) is 2.92. The highest BCUT2D eigenvalue weighted by molar-refractivity contribution is 6.32. The van der Waals surface area contributed by atoms with Crippen molar-refractivity contribution >= 4 is 23.1 Å². The molecule has 1 unspecified atom stereocenters. The lowest BCUT2D eigenvalue weighted by Crippen LogP contribution is -2.26. The summed E-state index contributed by atoms with van der Waals surface area (Å²) in [6.07, 6.45) is 2.49. The standard InChI is InChI=1S/C15H18ClN5/c16-14-13(17)15(19-10-18-14)20-12-6-7-21(9-12)8-11-4-2-1-3-5-11/h1-5,10,12H,6-9,17H2,(H,18,19,20). The van der Waals surface area contributed by atoms with E-state index in [1.807, 2.05) is 6.07 Å². The summed E-state index contributed by atoms with van der Waals surface area (Å²) < 4.78 is 0. The molecule has 2 aromatic rings. The van der Waals surface area contributed by atoms with E-state index in [0.29, 0.717) is 22.7 Å². The Morgan fingerprint density at radius 2 is 2.10 bits per heavy atom. The van der Waals surface area contributed by atoms with Crippen LogP contribution in [0.5, 0.6) is 0 Å². The van der Waals surface area contributed by atoms with Gasteiger partial charge in [-0.05, 0) is 12.0 Å². The summed E-state index contributed by atoms with van der Waals surface area (Å²) in [7, 11) is 0. The summed E-state index contributed by atoms with van der Waals surface area (Å²) in [4.78, 5) is 10.4. The van der Waals surface area contributed by atoms with Crippen molar-refractivity contribution in [1.82, 2.24) is 14.9 Å². The SMILES string of the molecule is Nc1c(Cl)ncnc1NC1CCN(Cc2ccccc2)C1. The van der Waals surface area contributed by atoms with E-state index in [4.69, 9.17) is 17.3 Å². The van der Waals surface area contributed by atoms with Gasteiger partial charge in [0.2, 0.25) is 0 Å². The van der Waals surface area contributed by atoms with Gasteiger partial charge in [0.05, 0.1) is 0 Å². The maximum absolute atomic E-state index is 5.91. The van der Waals surface area contributed by atoms with Crippen LogP contribution in [0.1, 0.15) is 12.0 Å². The molecule has 1 aromatic carbocycles. The van der Waals surface area contributed by atoms with E-state index in [1.54, 1.807) is 0 Å². The Bertz CT molecular complexity index is 604. The molecule has 2 heterocycles. The fourth-order valence-corrected chi connectivity index (χ4v) is 2.75. The average molecular weight is 304 g/mol. The highest BCUT2D eigenvalue weighted by Crippen LogP contribution is 2.24. The number of nitrogen functional groups attached to an aromatic ring is 1. The molecule has 3 rings (SSSR count). The number of likely N-dealkylation sites (tertiary alicyclic amines) is 1. The second kappa shape index (κ2) is 6.28. The molecule has 1 saturated heterocycles. The first-order valence-electron chi connectivity index (χ1n) is 7.01. The molecule has 1 fully saturated rings. The predicted octanol–water partition coefficient (Wildman–Crippen LogP) is 2.40. The zero-order valence-corrected chi connectivity index (χ0v) is 12.4. The summed E-state index contributed by atoms with van der Waals surface area (Å²) in [6, 6.07) is 10.8. The molecule has 0 bridgehead atoms. The van der Waals surface area contributed by atoms with Crippen molar-refractivity contribution in [3.8, 4) is 0 Å². The molecule has 0 radical (unpaired) electrons. The quantitative estimate of drug-likeness (QED) is 0.849. The van der Waals surface area contributed by atoms with Gasteiger partial charge in [-0.3, -0.25) is 4.90 Å². The summed E-state index contributed by atoms with van der Waals surface area (Å²) in [5.74, 6) is 0.626. The molecular weight excluding hydrogens is 286 g/mol. The second-order valence-corrected chi connectivity index (χ2v) is 5.64. The summed E-state index contributed by atoms with van der Waals surface area (Å²) in [5, 5.41) is 3.66. The molecule has 1 aliphatic heterocycles. The predicted molar refractivity (Wildman–Crippen MR) is 85.2 cm³/mol. The number of benzene rings is 1. The zero-order chi connectivity index (χ0) is 14.7. The smallest absolute Gasteiger partial charge is 0.157 e. The maximum atomic E-state index is 5.91. The molecule has 0 aliphatic carbocycles. The molecule has 1 aliphatic rings. The lowest BCUT2D eigenvalue weighted by atomic mass is 10.2. The molecule has 1 aromatic heterocycles. The van der Waals surface area contributed by atoms with Gasteiger partial charge in [0.1, 0.15) is 12.0 Å². The monoisotopic (exact) mass is 303 g/mol. The van der Waals surface area contributed by atoms with Crippen LogP contribution in [0.25, 0.3) is 0 Å². The van der Waals surface area contributed by atoms with E-state index in [9.17, 15) is 0 Å². The van der Waals surface area contributed by atoms with Crippen LogP contribution in [-0.2, 0) is 6.54 Å². The third-order valence-electron chi connectivity index (χ3n) is 3.70. The van der Waals surface area contributed by atoms with Gasteiger partial charge in [0.15, 0.2) is 11.0 Å². The fourth-order valence-electron chi connectivity index (χ4n) is 2.62. The number of aromatic nitrogens is 2. The van der Waals surface area contributed by atoms with Gasteiger partial charge in [0, 0.05) is 25.7 Å². The Balaban J connectivity index is 1.59. The molecule has 110 valence electrons. The van der Waals surface area contributed by atoms with Crippen molar-refractivity contribution in [3.05, 3.63) is 47.4 Å². The molecule has 21 heavy (non-hydrogen) atoms. The zero-order valence-electron chi connectivity index (χ0n) is 11.7. The van der Waals surface area contributed by atoms with Crippen LogP contribution in [0.3, 0.4) is 0 Å². The van der Waals surface area contributed by atoms with Crippen molar-refractivity contribution < 1.29 is 0 Å². The van der Waals surface area contributed by atoms with E-state index < -0.39 is 0 Å². The summed E-state index contributed by atoms with van der Waals surface area (Å²) >= 11 is 5.91. The third-order valence-corrected chi connectivity index (χ3v) is 4.00. The van der Waals surface area contributed by atoms with Crippen molar-refractivity contribution in [1.29, 1.82) is 0 Å². The van der Waals surface area contributed by atoms with Crippen molar-refractivity contribution in [2.75, 3.05) is 24.1 Å². The highest BCUT2D eigenvalue weighted by atomic mass is 35.5. The van der Waals surface area contributed by atoms with E-state index in [1.165, 1.54) is 11.9 Å². The molecule has 0 saturated carbocycles. The molecular formula is C15H18ClN5. The Hall–Kier alpha value is -1.85. The number of hydrogen-bond acceptors (Lipinski definition) is 5. The van der Waals surface area contributed by atoms with E-state index >= 15 is 0 Å². The third kappa shape index (κ3) is 3.43. The maximum Gasteiger partial charge on any atom is 0.157 e. The Morgan fingerprint density at radius 1 is 1.29 bits per heavy atom. The van der Waals surface area contributed by atoms with Crippen LogP contribution in [0, 0.1) is 0 Å². The van der Waals surface area contributed by atoms with Crippen molar-refractivity contribution in [2.24, 2.45) is 0 Å². The van der Waals surface area contributed by atoms with Gasteiger partial charge >= 0.3 is 0 Å². The van der Waals surface area contributed by atoms with E-state index in [-0.39, 0.29) is 0 Å². The second-order valence-electron chi connectivity index (χ2n) is 5.28. The van der Waals surface area contributed by atoms with Gasteiger partial charge in [-0.2, -0.15) is 0 Å². The Kier molecular flexibility index (Phi) is 4.22. The number of rotatable bonds is 4. The lowest BCUT2D eigenvalue weighted by Gasteiger charge is -2.17.